The molecule has 0 atom stereocenters. The van der Waals surface area contributed by atoms with Gasteiger partial charge in [-0.3, -0.25) is 4.57 Å². The van der Waals surface area contributed by atoms with Crippen molar-refractivity contribution in [3.63, 3.8) is 0 Å². The van der Waals surface area contributed by atoms with Gasteiger partial charge >= 0.3 is 0 Å². The maximum Gasteiger partial charge on any atom is 0.192 e. The number of aromatic hydroxyl groups is 1. The highest BCUT2D eigenvalue weighted by Crippen LogP contribution is 2.36. The van der Waals surface area contributed by atoms with Gasteiger partial charge in [0.05, 0.1) is 0 Å². The van der Waals surface area contributed by atoms with Crippen molar-refractivity contribution in [2.24, 2.45) is 0 Å². The summed E-state index contributed by atoms with van der Waals surface area (Å²) < 4.78 is 16.4. The average Bonchev–Trinajstić information content (AvgIpc) is 3.12. The van der Waals surface area contributed by atoms with Gasteiger partial charge < -0.3 is 5.11 Å². The molecule has 0 radical (unpaired) electrons. The van der Waals surface area contributed by atoms with Crippen LogP contribution in [0.5, 0.6) is 5.75 Å². The lowest BCUT2D eigenvalue weighted by Gasteiger charge is -2.25. The number of phenolic OH excluding ortho intramolecular Hbond substituents is 1. The zero-order valence-corrected chi connectivity index (χ0v) is 16.9. The van der Waals surface area contributed by atoms with Crippen molar-refractivity contribution in [2.75, 3.05) is 0 Å². The van der Waals surface area contributed by atoms with Crippen molar-refractivity contribution >= 4 is 23.4 Å². The second-order valence-electron chi connectivity index (χ2n) is 7.04. The normalized spacial score (nSPS) is 15.1. The summed E-state index contributed by atoms with van der Waals surface area (Å²) in [5, 5.41) is 19.6. The number of aromatic nitrogens is 3. The number of rotatable bonds is 5. The lowest BCUT2D eigenvalue weighted by molar-refractivity contribution is 0.339. The molecule has 4 nitrogen and oxygen atoms in total. The van der Waals surface area contributed by atoms with E-state index in [4.69, 9.17) is 11.6 Å². The molecule has 1 aliphatic rings. The van der Waals surface area contributed by atoms with Gasteiger partial charge in [0, 0.05) is 22.4 Å². The van der Waals surface area contributed by atoms with Gasteiger partial charge in [0.15, 0.2) is 11.0 Å². The lowest BCUT2D eigenvalue weighted by atomic mass is 9.95. The average molecular weight is 418 g/mol. The zero-order valence-electron chi connectivity index (χ0n) is 15.3. The van der Waals surface area contributed by atoms with Crippen LogP contribution >= 0.6 is 23.4 Å². The minimum absolute atomic E-state index is 0.222. The topological polar surface area (TPSA) is 50.9 Å². The third-order valence-corrected chi connectivity index (χ3v) is 6.33. The summed E-state index contributed by atoms with van der Waals surface area (Å²) in [4.78, 5) is 0. The fourth-order valence-electron chi connectivity index (χ4n) is 3.63. The Morgan fingerprint density at radius 3 is 2.54 bits per heavy atom. The van der Waals surface area contributed by atoms with E-state index in [0.717, 1.165) is 29.4 Å². The van der Waals surface area contributed by atoms with Gasteiger partial charge in [-0.25, -0.2) is 4.39 Å². The Hall–Kier alpha value is -2.05. The molecule has 28 heavy (non-hydrogen) atoms. The third-order valence-electron chi connectivity index (χ3n) is 5.10. The second kappa shape index (κ2) is 8.53. The molecule has 0 amide bonds. The predicted molar refractivity (Wildman–Crippen MR) is 110 cm³/mol. The molecule has 0 saturated heterocycles. The number of hydrogen-bond donors (Lipinski definition) is 1. The largest absolute Gasteiger partial charge is 0.508 e. The molecule has 3 aromatic rings. The van der Waals surface area contributed by atoms with Crippen molar-refractivity contribution in [1.82, 2.24) is 14.8 Å². The maximum absolute atomic E-state index is 14.2. The van der Waals surface area contributed by atoms with Crippen molar-refractivity contribution in [2.45, 2.75) is 49.1 Å². The lowest BCUT2D eigenvalue weighted by Crippen LogP contribution is -2.15. The standard InChI is InChI=1S/C21H21ClFN3OS/c22-16-9-6-15(19(23)12-16)13-28-21-25-24-20(14-7-10-18(27)11-8-14)26(21)17-4-2-1-3-5-17/h6-12,17,27H,1-5,13H2. The molecule has 4 rings (SSSR count). The van der Waals surface area contributed by atoms with Crippen LogP contribution in [0.4, 0.5) is 4.39 Å². The monoisotopic (exact) mass is 417 g/mol. The van der Waals surface area contributed by atoms with Gasteiger partial charge in [0.25, 0.3) is 0 Å². The smallest absolute Gasteiger partial charge is 0.192 e. The van der Waals surface area contributed by atoms with Crippen LogP contribution < -0.4 is 0 Å². The molecule has 0 spiro atoms. The minimum Gasteiger partial charge on any atom is -0.508 e. The van der Waals surface area contributed by atoms with E-state index in [0.29, 0.717) is 22.4 Å². The molecule has 1 aliphatic carbocycles. The Labute approximate surface area is 172 Å². The molecular weight excluding hydrogens is 397 g/mol. The van der Waals surface area contributed by atoms with E-state index in [9.17, 15) is 9.50 Å². The van der Waals surface area contributed by atoms with E-state index in [2.05, 4.69) is 14.8 Å². The summed E-state index contributed by atoms with van der Waals surface area (Å²) >= 11 is 7.34. The van der Waals surface area contributed by atoms with Crippen LogP contribution in [0.15, 0.2) is 47.6 Å². The van der Waals surface area contributed by atoms with Gasteiger partial charge in [-0.1, -0.05) is 48.7 Å². The van der Waals surface area contributed by atoms with Crippen LogP contribution in [0, 0.1) is 5.82 Å². The first-order chi connectivity index (χ1) is 13.6. The summed E-state index contributed by atoms with van der Waals surface area (Å²) in [6, 6.07) is 12.1. The highest BCUT2D eigenvalue weighted by atomic mass is 35.5. The molecule has 1 fully saturated rings. The van der Waals surface area contributed by atoms with Crippen molar-refractivity contribution in [1.29, 1.82) is 0 Å². The first-order valence-electron chi connectivity index (χ1n) is 9.43. The second-order valence-corrected chi connectivity index (χ2v) is 8.42. The molecule has 0 bridgehead atoms. The summed E-state index contributed by atoms with van der Waals surface area (Å²) in [6.07, 6.45) is 5.81. The number of hydrogen-bond acceptors (Lipinski definition) is 4. The van der Waals surface area contributed by atoms with Crippen LogP contribution in [0.1, 0.15) is 43.7 Å². The van der Waals surface area contributed by atoms with Crippen LogP contribution in [-0.2, 0) is 5.75 Å². The molecule has 1 N–H and O–H groups in total. The van der Waals surface area contributed by atoms with Crippen molar-refractivity contribution in [3.8, 4) is 17.1 Å². The summed E-state index contributed by atoms with van der Waals surface area (Å²) in [7, 11) is 0. The van der Waals surface area contributed by atoms with Crippen LogP contribution in [-0.4, -0.2) is 19.9 Å². The van der Waals surface area contributed by atoms with Gasteiger partial charge in [0.1, 0.15) is 11.6 Å². The summed E-state index contributed by atoms with van der Waals surface area (Å²) in [6.45, 7) is 0. The predicted octanol–water partition coefficient (Wildman–Crippen LogP) is 6.24. The van der Waals surface area contributed by atoms with E-state index in [-0.39, 0.29) is 11.6 Å². The van der Waals surface area contributed by atoms with Gasteiger partial charge in [-0.15, -0.1) is 10.2 Å². The van der Waals surface area contributed by atoms with Crippen LogP contribution in [0.3, 0.4) is 0 Å². The Balaban J connectivity index is 1.65. The van der Waals surface area contributed by atoms with E-state index in [1.54, 1.807) is 24.3 Å². The number of thioether (sulfide) groups is 1. The van der Waals surface area contributed by atoms with Crippen LogP contribution in [0.25, 0.3) is 11.4 Å². The van der Waals surface area contributed by atoms with Crippen molar-refractivity contribution < 1.29 is 9.50 Å². The molecule has 7 heteroatoms. The maximum atomic E-state index is 14.2. The number of nitrogens with zero attached hydrogens (tertiary/aromatic N) is 3. The zero-order chi connectivity index (χ0) is 19.5. The molecule has 0 unspecified atom stereocenters. The highest BCUT2D eigenvalue weighted by Gasteiger charge is 2.24. The molecule has 1 saturated carbocycles. The molecule has 0 aliphatic heterocycles. The van der Waals surface area contributed by atoms with Crippen molar-refractivity contribution in [3.05, 3.63) is 58.9 Å². The van der Waals surface area contributed by atoms with E-state index >= 15 is 0 Å². The third kappa shape index (κ3) is 4.18. The quantitative estimate of drug-likeness (QED) is 0.499. The fraction of sp³-hybridized carbons (Fsp3) is 0.333. The summed E-state index contributed by atoms with van der Waals surface area (Å²) in [5.41, 5.74) is 1.51. The van der Waals surface area contributed by atoms with Gasteiger partial charge in [-0.05, 0) is 54.8 Å². The Kier molecular flexibility index (Phi) is 5.87. The molecule has 146 valence electrons. The SMILES string of the molecule is Oc1ccc(-c2nnc(SCc3ccc(Cl)cc3F)n2C2CCCCC2)cc1. The van der Waals surface area contributed by atoms with Gasteiger partial charge in [0.2, 0.25) is 0 Å². The fourth-order valence-corrected chi connectivity index (χ4v) is 4.78. The molecule has 1 heterocycles. The van der Waals surface area contributed by atoms with E-state index < -0.39 is 0 Å². The molecule has 2 aromatic carbocycles. The molecular formula is C21H21ClFN3OS. The van der Waals surface area contributed by atoms with Gasteiger partial charge in [-0.2, -0.15) is 0 Å². The van der Waals surface area contributed by atoms with Crippen LogP contribution in [0.2, 0.25) is 5.02 Å². The Morgan fingerprint density at radius 1 is 1.07 bits per heavy atom. The number of phenols is 1. The first kappa shape index (κ1) is 19.3. The van der Waals surface area contributed by atoms with E-state index in [1.807, 2.05) is 12.1 Å². The molecule has 1 aromatic heterocycles. The number of benzene rings is 2. The summed E-state index contributed by atoms with van der Waals surface area (Å²) in [5.74, 6) is 1.18. The van der Waals surface area contributed by atoms with E-state index in [1.165, 1.54) is 37.1 Å². The number of halogens is 2. The highest BCUT2D eigenvalue weighted by molar-refractivity contribution is 7.98. The first-order valence-corrected chi connectivity index (χ1v) is 10.8. The minimum atomic E-state index is -0.303. The Bertz CT molecular complexity index is 955. The Morgan fingerprint density at radius 2 is 1.82 bits per heavy atom.